The number of sulfonamides is 1. The number of nitrogens with one attached hydrogen (secondary N) is 2. The number of oxazole rings is 1. The Bertz CT molecular complexity index is 978. The minimum Gasteiger partial charge on any atom is -0.429 e. The Hall–Kier alpha value is -2.46. The summed E-state index contributed by atoms with van der Waals surface area (Å²) >= 11 is 0. The topological polar surface area (TPSA) is 122 Å². The van der Waals surface area contributed by atoms with Crippen LogP contribution >= 0.6 is 0 Å². The van der Waals surface area contributed by atoms with Crippen LogP contribution in [0.15, 0.2) is 28.0 Å². The molecule has 3 N–H and O–H groups in total. The fourth-order valence-electron chi connectivity index (χ4n) is 2.67. The summed E-state index contributed by atoms with van der Waals surface area (Å²) in [6, 6.07) is 1.58. The van der Waals surface area contributed by atoms with Gasteiger partial charge in [-0.25, -0.2) is 18.9 Å². The molecule has 2 rings (SSSR count). The van der Waals surface area contributed by atoms with Crippen LogP contribution in [0.1, 0.15) is 70.3 Å². The molecule has 29 heavy (non-hydrogen) atoms. The van der Waals surface area contributed by atoms with Gasteiger partial charge in [0.05, 0.1) is 6.20 Å². The second kappa shape index (κ2) is 8.11. The molecule has 0 atom stereocenters. The number of halogens is 1. The summed E-state index contributed by atoms with van der Waals surface area (Å²) in [4.78, 5) is 16.0. The Balaban J connectivity index is 2.32. The zero-order valence-corrected chi connectivity index (χ0v) is 18.0. The van der Waals surface area contributed by atoms with Gasteiger partial charge in [-0.1, -0.05) is 27.7 Å². The monoisotopic (exact) mass is 427 g/mol. The number of nitrogens with zero attached hydrogens (tertiary/aromatic N) is 1. The SMILES string of the molecule is CC(C)c1cc(F)cc(C(C)C)c1NC(=O)NS(=O)(=O)c1ncc(C(C)(C)O)o1. The van der Waals surface area contributed by atoms with Crippen molar-refractivity contribution in [3.63, 3.8) is 0 Å². The summed E-state index contributed by atoms with van der Waals surface area (Å²) in [6.07, 6.45) is 1.07. The first kappa shape index (κ1) is 22.8. The number of amides is 2. The quantitative estimate of drug-likeness (QED) is 0.645. The highest BCUT2D eigenvalue weighted by atomic mass is 32.2. The third-order valence-corrected chi connectivity index (χ3v) is 5.29. The third kappa shape index (κ3) is 5.33. The number of aromatic nitrogens is 1. The van der Waals surface area contributed by atoms with Crippen LogP contribution < -0.4 is 10.0 Å². The molecule has 1 aromatic heterocycles. The third-order valence-electron chi connectivity index (χ3n) is 4.19. The Morgan fingerprint density at radius 1 is 1.17 bits per heavy atom. The fraction of sp³-hybridized carbons (Fsp3) is 0.474. The molecule has 0 aliphatic rings. The zero-order chi connectivity index (χ0) is 22.1. The summed E-state index contributed by atoms with van der Waals surface area (Å²) in [7, 11) is -4.42. The van der Waals surface area contributed by atoms with Crippen LogP contribution in [0.2, 0.25) is 0 Å². The van der Waals surface area contributed by atoms with Crippen molar-refractivity contribution in [2.24, 2.45) is 0 Å². The average Bonchev–Trinajstić information content (AvgIpc) is 3.06. The van der Waals surface area contributed by atoms with Crippen molar-refractivity contribution < 1.29 is 27.1 Å². The first-order chi connectivity index (χ1) is 13.2. The van der Waals surface area contributed by atoms with Gasteiger partial charge in [0.1, 0.15) is 11.4 Å². The van der Waals surface area contributed by atoms with Crippen molar-refractivity contribution >= 4 is 21.7 Å². The first-order valence-electron chi connectivity index (χ1n) is 9.08. The highest BCUT2D eigenvalue weighted by molar-refractivity contribution is 7.89. The van der Waals surface area contributed by atoms with E-state index >= 15 is 0 Å². The maximum atomic E-state index is 14.0. The van der Waals surface area contributed by atoms with Crippen molar-refractivity contribution in [3.8, 4) is 0 Å². The number of carbonyl (C=O) groups is 1. The summed E-state index contributed by atoms with van der Waals surface area (Å²) in [5.74, 6) is -0.733. The lowest BCUT2D eigenvalue weighted by Gasteiger charge is -2.20. The van der Waals surface area contributed by atoms with Crippen molar-refractivity contribution in [1.29, 1.82) is 0 Å². The number of anilines is 1. The van der Waals surface area contributed by atoms with Gasteiger partial charge in [0.25, 0.3) is 0 Å². The first-order valence-corrected chi connectivity index (χ1v) is 10.6. The second-order valence-electron chi connectivity index (χ2n) is 7.88. The van der Waals surface area contributed by atoms with Crippen LogP contribution in [-0.2, 0) is 15.6 Å². The molecule has 0 saturated heterocycles. The van der Waals surface area contributed by atoms with Gasteiger partial charge in [-0.15, -0.1) is 0 Å². The molecule has 8 nitrogen and oxygen atoms in total. The Labute approximate surface area is 169 Å². The number of hydrogen-bond acceptors (Lipinski definition) is 6. The van der Waals surface area contributed by atoms with E-state index in [1.807, 2.05) is 32.4 Å². The average molecular weight is 427 g/mol. The van der Waals surface area contributed by atoms with Gasteiger partial charge in [-0.05, 0) is 48.9 Å². The molecule has 0 fully saturated rings. The number of rotatable bonds is 6. The fourth-order valence-corrected chi connectivity index (χ4v) is 3.45. The van der Waals surface area contributed by atoms with Crippen LogP contribution in [0.4, 0.5) is 14.9 Å². The molecule has 2 aromatic rings. The van der Waals surface area contributed by atoms with Gasteiger partial charge in [0.15, 0.2) is 5.76 Å². The molecule has 160 valence electrons. The second-order valence-corrected chi connectivity index (χ2v) is 9.44. The van der Waals surface area contributed by atoms with Crippen molar-refractivity contribution in [2.75, 3.05) is 5.32 Å². The van der Waals surface area contributed by atoms with Crippen LogP contribution in [0, 0.1) is 5.82 Å². The molecule has 0 aliphatic carbocycles. The largest absolute Gasteiger partial charge is 0.429 e. The van der Waals surface area contributed by atoms with Gasteiger partial charge < -0.3 is 14.8 Å². The Morgan fingerprint density at radius 2 is 1.69 bits per heavy atom. The number of aliphatic hydroxyl groups is 1. The zero-order valence-electron chi connectivity index (χ0n) is 17.2. The molecular weight excluding hydrogens is 401 g/mol. The highest BCUT2D eigenvalue weighted by Gasteiger charge is 2.29. The maximum absolute atomic E-state index is 14.0. The molecule has 0 unspecified atom stereocenters. The van der Waals surface area contributed by atoms with Gasteiger partial charge in [0, 0.05) is 5.69 Å². The predicted octanol–water partition coefficient (Wildman–Crippen LogP) is 3.80. The van der Waals surface area contributed by atoms with Gasteiger partial charge in [-0.2, -0.15) is 8.42 Å². The van der Waals surface area contributed by atoms with E-state index < -0.39 is 32.7 Å². The van der Waals surface area contributed by atoms with E-state index in [9.17, 15) is 22.7 Å². The lowest BCUT2D eigenvalue weighted by molar-refractivity contribution is 0.0500. The van der Waals surface area contributed by atoms with Crippen LogP contribution in [0.25, 0.3) is 0 Å². The predicted molar refractivity (Wildman–Crippen MR) is 106 cm³/mol. The minimum atomic E-state index is -4.42. The number of carbonyl (C=O) groups excluding carboxylic acids is 1. The Morgan fingerprint density at radius 3 is 2.10 bits per heavy atom. The number of urea groups is 1. The summed E-state index contributed by atoms with van der Waals surface area (Å²) in [5, 5.41) is 11.6. The molecule has 0 aliphatic heterocycles. The molecule has 0 bridgehead atoms. The van der Waals surface area contributed by atoms with Crippen molar-refractivity contribution in [1.82, 2.24) is 9.71 Å². The van der Waals surface area contributed by atoms with Gasteiger partial charge in [-0.3, -0.25) is 0 Å². The van der Waals surface area contributed by atoms with E-state index in [2.05, 4.69) is 10.3 Å². The van der Waals surface area contributed by atoms with Crippen molar-refractivity contribution in [2.45, 2.75) is 64.2 Å². The number of benzene rings is 1. The molecule has 10 heteroatoms. The van der Waals surface area contributed by atoms with Crippen LogP contribution in [0.3, 0.4) is 0 Å². The molecule has 0 radical (unpaired) electrons. The van der Waals surface area contributed by atoms with Gasteiger partial charge >= 0.3 is 21.3 Å². The van der Waals surface area contributed by atoms with E-state index in [0.29, 0.717) is 16.8 Å². The summed E-state index contributed by atoms with van der Waals surface area (Å²) in [5.41, 5.74) is 0.00668. The summed E-state index contributed by atoms with van der Waals surface area (Å²) in [6.45, 7) is 10.2. The van der Waals surface area contributed by atoms with Crippen molar-refractivity contribution in [3.05, 3.63) is 41.0 Å². The lowest BCUT2D eigenvalue weighted by atomic mass is 9.92. The molecule has 1 aromatic carbocycles. The molecular formula is C19H26FN3O5S. The van der Waals surface area contributed by atoms with Crippen LogP contribution in [0.5, 0.6) is 0 Å². The molecule has 2 amide bonds. The molecule has 0 spiro atoms. The smallest absolute Gasteiger partial charge is 0.336 e. The van der Waals surface area contributed by atoms with Gasteiger partial charge in [0.2, 0.25) is 0 Å². The highest BCUT2D eigenvalue weighted by Crippen LogP contribution is 2.33. The minimum absolute atomic E-state index is 0.0685. The van der Waals surface area contributed by atoms with Crippen LogP contribution in [-0.4, -0.2) is 24.5 Å². The lowest BCUT2D eigenvalue weighted by Crippen LogP contribution is -2.35. The van der Waals surface area contributed by atoms with E-state index in [4.69, 9.17) is 4.42 Å². The molecule has 0 saturated carbocycles. The summed E-state index contributed by atoms with van der Waals surface area (Å²) < 4.78 is 45.7. The molecule has 1 heterocycles. The van der Waals surface area contributed by atoms with E-state index in [1.54, 1.807) is 0 Å². The number of hydrogen-bond donors (Lipinski definition) is 3. The Kier molecular flexibility index (Phi) is 6.39. The standard InChI is InChI=1S/C19H26FN3O5S/c1-10(2)13-7-12(20)8-14(11(3)4)16(13)22-17(24)23-29(26,27)18-21-9-15(28-18)19(5,6)25/h7-11,25H,1-6H3,(H2,22,23,24). The van der Waals surface area contributed by atoms with E-state index in [-0.39, 0.29) is 17.6 Å². The maximum Gasteiger partial charge on any atom is 0.336 e. The normalized spacial score (nSPS) is 12.5. The van der Waals surface area contributed by atoms with E-state index in [0.717, 1.165) is 6.20 Å². The van der Waals surface area contributed by atoms with E-state index in [1.165, 1.54) is 26.0 Å².